The lowest BCUT2D eigenvalue weighted by atomic mass is 10.0. The summed E-state index contributed by atoms with van der Waals surface area (Å²) in [7, 11) is 0. The van der Waals surface area contributed by atoms with Gasteiger partial charge in [-0.2, -0.15) is 0 Å². The van der Waals surface area contributed by atoms with Crippen LogP contribution in [0.4, 0.5) is 0 Å². The molecule has 0 saturated heterocycles. The minimum atomic E-state index is -2.74. The third-order valence-electron chi connectivity index (χ3n) is 1.86. The zero-order chi connectivity index (χ0) is 15.2. The molecule has 0 radical (unpaired) electrons. The van der Waals surface area contributed by atoms with Crippen molar-refractivity contribution in [3.8, 4) is 0 Å². The van der Waals surface area contributed by atoms with Gasteiger partial charge in [-0.25, -0.2) is 0 Å². The van der Waals surface area contributed by atoms with Crippen LogP contribution in [0, 0.1) is 0 Å². The number of halogens is 8. The van der Waals surface area contributed by atoms with Crippen molar-refractivity contribution in [1.82, 2.24) is 0 Å². The van der Waals surface area contributed by atoms with Crippen LogP contribution in [-0.2, 0) is 9.59 Å². The van der Waals surface area contributed by atoms with Crippen LogP contribution in [0.1, 0.15) is 13.8 Å². The van der Waals surface area contributed by atoms with E-state index in [2.05, 4.69) is 0 Å². The second-order valence-electron chi connectivity index (χ2n) is 3.78. The Hall–Kier alpha value is 1.66. The van der Waals surface area contributed by atoms with E-state index in [0.29, 0.717) is 0 Å². The fraction of sp³-hybridized carbons (Fsp3) is 0.750. The molecule has 0 heterocycles. The number of carbonyl (C=O) groups excluding carboxylic acids is 2. The molecule has 0 aliphatic heterocycles. The summed E-state index contributed by atoms with van der Waals surface area (Å²) in [6.45, 7) is 2.66. The molecule has 0 spiro atoms. The first-order valence-corrected chi connectivity index (χ1v) is 7.19. The van der Waals surface area contributed by atoms with Crippen molar-refractivity contribution in [2.45, 2.75) is 31.2 Å². The molecular formula is C8H6Cl8O2. The van der Waals surface area contributed by atoms with E-state index in [0.717, 1.165) is 0 Å². The highest BCUT2D eigenvalue weighted by atomic mass is 35.6. The van der Waals surface area contributed by atoms with E-state index in [1.807, 2.05) is 0 Å². The Morgan fingerprint density at radius 2 is 1.06 bits per heavy atom. The van der Waals surface area contributed by atoms with Gasteiger partial charge in [-0.3, -0.25) is 9.59 Å². The second kappa shape index (κ2) is 5.81. The van der Waals surface area contributed by atoms with E-state index >= 15 is 0 Å². The van der Waals surface area contributed by atoms with E-state index < -0.39 is 28.9 Å². The van der Waals surface area contributed by atoms with E-state index in [4.69, 9.17) is 92.8 Å². The molecule has 0 aliphatic carbocycles. The summed E-state index contributed by atoms with van der Waals surface area (Å²) in [5.74, 6) is -2.68. The van der Waals surface area contributed by atoms with Crippen LogP contribution in [0.25, 0.3) is 0 Å². The van der Waals surface area contributed by atoms with Crippen LogP contribution < -0.4 is 0 Å². The van der Waals surface area contributed by atoms with Crippen LogP contribution in [-0.4, -0.2) is 28.9 Å². The SMILES string of the molecule is CC(C)(Cl)C(Cl)(Cl)C(=O)C(Cl)(Cl)C(=O)C(Cl)(Cl)Cl. The minimum Gasteiger partial charge on any atom is -0.292 e. The lowest BCUT2D eigenvalue weighted by Crippen LogP contribution is -2.55. The van der Waals surface area contributed by atoms with Gasteiger partial charge in [0.1, 0.15) is 0 Å². The Morgan fingerprint density at radius 3 is 1.28 bits per heavy atom. The summed E-state index contributed by atoms with van der Waals surface area (Å²) in [6, 6.07) is 0. The maximum absolute atomic E-state index is 12.0. The third-order valence-corrected chi connectivity index (χ3v) is 4.83. The van der Waals surface area contributed by atoms with Crippen molar-refractivity contribution in [3.63, 3.8) is 0 Å². The summed E-state index contributed by atoms with van der Waals surface area (Å²) in [5.41, 5.74) is 0. The molecule has 0 aromatic rings. The van der Waals surface area contributed by atoms with Gasteiger partial charge in [-0.05, 0) is 13.8 Å². The highest BCUT2D eigenvalue weighted by Gasteiger charge is 2.60. The van der Waals surface area contributed by atoms with Gasteiger partial charge in [-0.15, -0.1) is 11.6 Å². The Labute approximate surface area is 144 Å². The standard InChI is InChI=1S/C8H6Cl8O2/c1-5(2,9)7(12,13)3(17)6(10,11)4(18)8(14,15)16/h1-2H3. The molecule has 0 aliphatic rings. The van der Waals surface area contributed by atoms with Crippen molar-refractivity contribution in [2.24, 2.45) is 0 Å². The molecule has 0 atom stereocenters. The molecular weight excluding hydrogens is 412 g/mol. The van der Waals surface area contributed by atoms with Crippen LogP contribution in [0.3, 0.4) is 0 Å². The van der Waals surface area contributed by atoms with Crippen LogP contribution in [0.15, 0.2) is 0 Å². The van der Waals surface area contributed by atoms with E-state index in [1.54, 1.807) is 0 Å². The molecule has 0 aromatic heterocycles. The summed E-state index contributed by atoms with van der Waals surface area (Å²) in [6.07, 6.45) is 0. The molecule has 106 valence electrons. The van der Waals surface area contributed by atoms with Gasteiger partial charge in [0.15, 0.2) is 4.33 Å². The lowest BCUT2D eigenvalue weighted by molar-refractivity contribution is -0.128. The van der Waals surface area contributed by atoms with Gasteiger partial charge in [0.2, 0.25) is 15.9 Å². The molecule has 0 saturated carbocycles. The van der Waals surface area contributed by atoms with Crippen molar-refractivity contribution < 1.29 is 9.59 Å². The van der Waals surface area contributed by atoms with Crippen molar-refractivity contribution in [2.75, 3.05) is 0 Å². The Morgan fingerprint density at radius 1 is 0.722 bits per heavy atom. The van der Waals surface area contributed by atoms with Crippen LogP contribution >= 0.6 is 92.8 Å². The molecule has 0 amide bonds. The largest absolute Gasteiger partial charge is 0.292 e. The molecule has 0 N–H and O–H groups in total. The Balaban J connectivity index is 5.54. The van der Waals surface area contributed by atoms with Crippen LogP contribution in [0.2, 0.25) is 0 Å². The fourth-order valence-electron chi connectivity index (χ4n) is 0.748. The maximum atomic E-state index is 12.0. The highest BCUT2D eigenvalue weighted by molar-refractivity contribution is 6.85. The topological polar surface area (TPSA) is 34.1 Å². The summed E-state index contributed by atoms with van der Waals surface area (Å²) < 4.78 is -7.50. The number of ketones is 2. The number of hydrogen-bond donors (Lipinski definition) is 0. The smallest absolute Gasteiger partial charge is 0.252 e. The quantitative estimate of drug-likeness (QED) is 0.483. The number of rotatable bonds is 4. The normalized spacial score (nSPS) is 14.6. The number of hydrogen-bond acceptors (Lipinski definition) is 2. The molecule has 10 heteroatoms. The van der Waals surface area contributed by atoms with E-state index in [1.165, 1.54) is 13.8 Å². The lowest BCUT2D eigenvalue weighted by Gasteiger charge is -2.34. The molecule has 18 heavy (non-hydrogen) atoms. The van der Waals surface area contributed by atoms with Crippen molar-refractivity contribution >= 4 is 104 Å². The van der Waals surface area contributed by atoms with E-state index in [-0.39, 0.29) is 0 Å². The molecule has 0 fully saturated rings. The monoisotopic (exact) mass is 414 g/mol. The Kier molecular flexibility index (Phi) is 6.34. The number of alkyl halides is 8. The summed E-state index contributed by atoms with van der Waals surface area (Å²) in [4.78, 5) is 22.2. The van der Waals surface area contributed by atoms with Gasteiger partial charge >= 0.3 is 0 Å². The first-order valence-electron chi connectivity index (χ1n) is 4.17. The average Bonchev–Trinajstić information content (AvgIpc) is 2.11. The Bertz CT molecular complexity index is 362. The minimum absolute atomic E-state index is 1.29. The summed E-state index contributed by atoms with van der Waals surface area (Å²) >= 11 is 44.5. The maximum Gasteiger partial charge on any atom is 0.252 e. The zero-order valence-electron chi connectivity index (χ0n) is 8.84. The van der Waals surface area contributed by atoms with E-state index in [9.17, 15) is 9.59 Å². The van der Waals surface area contributed by atoms with Crippen LogP contribution in [0.5, 0.6) is 0 Å². The van der Waals surface area contributed by atoms with Gasteiger partial charge < -0.3 is 0 Å². The van der Waals surface area contributed by atoms with Crippen molar-refractivity contribution in [3.05, 3.63) is 0 Å². The molecule has 0 rings (SSSR count). The number of carbonyl (C=O) groups is 2. The average molecular weight is 418 g/mol. The first kappa shape index (κ1) is 19.7. The molecule has 2 nitrogen and oxygen atoms in total. The van der Waals surface area contributed by atoms with Gasteiger partial charge in [0, 0.05) is 0 Å². The summed E-state index contributed by atoms with van der Waals surface area (Å²) in [5, 5.41) is 0. The van der Waals surface area contributed by atoms with Gasteiger partial charge in [0.05, 0.1) is 4.87 Å². The van der Waals surface area contributed by atoms with Gasteiger partial charge in [0.25, 0.3) is 3.79 Å². The van der Waals surface area contributed by atoms with Crippen molar-refractivity contribution in [1.29, 1.82) is 0 Å². The predicted molar refractivity (Wildman–Crippen MR) is 79.1 cm³/mol. The highest BCUT2D eigenvalue weighted by Crippen LogP contribution is 2.47. The molecule has 0 aromatic carbocycles. The zero-order valence-corrected chi connectivity index (χ0v) is 14.9. The van der Waals surface area contributed by atoms with Gasteiger partial charge in [-0.1, -0.05) is 81.2 Å². The molecule has 0 bridgehead atoms. The fourth-order valence-corrected chi connectivity index (χ4v) is 2.59. The third kappa shape index (κ3) is 4.08. The molecule has 0 unspecified atom stereocenters. The first-order chi connectivity index (χ1) is 7.56. The predicted octanol–water partition coefficient (Wildman–Crippen LogP) is 4.86. The second-order valence-corrected chi connectivity index (χ2v) is 9.66. The number of Topliss-reactive ketones (excluding diaryl/α,β-unsaturated/α-hetero) is 2.